The Hall–Kier alpha value is -0.650. The van der Waals surface area contributed by atoms with Crippen LogP contribution in [0.15, 0.2) is 0 Å². The quantitative estimate of drug-likeness (QED) is 0.817. The maximum Gasteiger partial charge on any atom is 0.186 e. The summed E-state index contributed by atoms with van der Waals surface area (Å²) in [6, 6.07) is 0.406. The van der Waals surface area contributed by atoms with Gasteiger partial charge in [-0.2, -0.15) is 0 Å². The third-order valence-electron chi connectivity index (χ3n) is 3.83. The number of nitrogens with one attached hydrogen (secondary N) is 1. The Morgan fingerprint density at radius 2 is 2.19 bits per heavy atom. The Morgan fingerprint density at radius 3 is 2.86 bits per heavy atom. The first-order chi connectivity index (χ1) is 10.0. The van der Waals surface area contributed by atoms with Crippen LogP contribution in [-0.2, 0) is 11.3 Å². The van der Waals surface area contributed by atoms with Gasteiger partial charge >= 0.3 is 0 Å². The Bertz CT molecular complexity index is 447. The van der Waals surface area contributed by atoms with Gasteiger partial charge < -0.3 is 15.0 Å². The molecule has 1 aliphatic rings. The molecule has 2 heterocycles. The SMILES string of the molecule is CCCNCc1sc(N2CC(C)OCC2C)nc1C(C)C. The van der Waals surface area contributed by atoms with Gasteiger partial charge in [0.05, 0.1) is 24.4 Å². The van der Waals surface area contributed by atoms with Crippen LogP contribution in [0.4, 0.5) is 5.13 Å². The minimum absolute atomic E-state index is 0.286. The number of anilines is 1. The van der Waals surface area contributed by atoms with E-state index in [1.54, 1.807) is 0 Å². The van der Waals surface area contributed by atoms with Crippen molar-refractivity contribution in [2.45, 2.75) is 65.6 Å². The van der Waals surface area contributed by atoms with Gasteiger partial charge in [-0.15, -0.1) is 11.3 Å². The second-order valence-electron chi connectivity index (χ2n) is 6.28. The lowest BCUT2D eigenvalue weighted by molar-refractivity contribution is 0.0343. The molecule has 2 rings (SSSR count). The fraction of sp³-hybridized carbons (Fsp3) is 0.812. The number of hydrogen-bond donors (Lipinski definition) is 1. The highest BCUT2D eigenvalue weighted by atomic mass is 32.1. The van der Waals surface area contributed by atoms with Crippen molar-refractivity contribution in [1.29, 1.82) is 0 Å². The third kappa shape index (κ3) is 4.18. The Kier molecular flexibility index (Phi) is 6.02. The van der Waals surface area contributed by atoms with Gasteiger partial charge in [0.15, 0.2) is 5.13 Å². The molecule has 120 valence electrons. The standard InChI is InChI=1S/C16H29N3OS/c1-6-7-17-8-14-15(11(2)3)18-16(21-14)19-9-13(5)20-10-12(19)4/h11-13,17H,6-10H2,1-5H3. The van der Waals surface area contributed by atoms with Crippen molar-refractivity contribution >= 4 is 16.5 Å². The summed E-state index contributed by atoms with van der Waals surface area (Å²) >= 11 is 1.85. The summed E-state index contributed by atoms with van der Waals surface area (Å²) < 4.78 is 5.73. The highest BCUT2D eigenvalue weighted by Gasteiger charge is 2.27. The van der Waals surface area contributed by atoms with E-state index in [-0.39, 0.29) is 6.10 Å². The topological polar surface area (TPSA) is 37.4 Å². The third-order valence-corrected chi connectivity index (χ3v) is 4.94. The highest BCUT2D eigenvalue weighted by molar-refractivity contribution is 7.15. The second kappa shape index (κ2) is 7.56. The molecule has 0 amide bonds. The Labute approximate surface area is 132 Å². The van der Waals surface area contributed by atoms with E-state index >= 15 is 0 Å². The molecule has 0 saturated carbocycles. The van der Waals surface area contributed by atoms with Crippen molar-refractivity contribution in [2.75, 3.05) is 24.6 Å². The van der Waals surface area contributed by atoms with Gasteiger partial charge in [0, 0.05) is 18.0 Å². The first-order valence-corrected chi connectivity index (χ1v) is 8.93. The zero-order chi connectivity index (χ0) is 15.4. The van der Waals surface area contributed by atoms with Crippen LogP contribution in [0.5, 0.6) is 0 Å². The predicted molar refractivity (Wildman–Crippen MR) is 90.4 cm³/mol. The number of thiazole rings is 1. The fourth-order valence-electron chi connectivity index (χ4n) is 2.60. The van der Waals surface area contributed by atoms with Crippen LogP contribution >= 0.6 is 11.3 Å². The zero-order valence-corrected chi connectivity index (χ0v) is 14.8. The molecule has 1 saturated heterocycles. The largest absolute Gasteiger partial charge is 0.375 e. The van der Waals surface area contributed by atoms with E-state index in [0.717, 1.165) is 31.4 Å². The molecule has 0 aromatic carbocycles. The average Bonchev–Trinajstić information content (AvgIpc) is 2.86. The lowest BCUT2D eigenvalue weighted by atomic mass is 10.1. The smallest absolute Gasteiger partial charge is 0.186 e. The summed E-state index contributed by atoms with van der Waals surface area (Å²) in [7, 11) is 0. The summed E-state index contributed by atoms with van der Waals surface area (Å²) in [5.74, 6) is 0.474. The van der Waals surface area contributed by atoms with Crippen molar-refractivity contribution in [1.82, 2.24) is 10.3 Å². The summed E-state index contributed by atoms with van der Waals surface area (Å²) in [6.45, 7) is 14.8. The number of morpholine rings is 1. The predicted octanol–water partition coefficient (Wildman–Crippen LogP) is 3.38. The van der Waals surface area contributed by atoms with Crippen molar-refractivity contribution in [2.24, 2.45) is 0 Å². The van der Waals surface area contributed by atoms with E-state index in [0.29, 0.717) is 12.0 Å². The van der Waals surface area contributed by atoms with E-state index in [4.69, 9.17) is 9.72 Å². The number of ether oxygens (including phenoxy) is 1. The minimum Gasteiger partial charge on any atom is -0.375 e. The first kappa shape index (κ1) is 16.7. The average molecular weight is 311 g/mol. The van der Waals surface area contributed by atoms with Crippen LogP contribution in [0.3, 0.4) is 0 Å². The molecule has 2 unspecified atom stereocenters. The summed E-state index contributed by atoms with van der Waals surface area (Å²) in [4.78, 5) is 8.75. The van der Waals surface area contributed by atoms with Crippen molar-refractivity contribution < 1.29 is 4.74 Å². The van der Waals surface area contributed by atoms with Gasteiger partial charge in [-0.3, -0.25) is 0 Å². The number of hydrogen-bond acceptors (Lipinski definition) is 5. The minimum atomic E-state index is 0.286. The summed E-state index contributed by atoms with van der Waals surface area (Å²) in [5.41, 5.74) is 1.25. The van der Waals surface area contributed by atoms with Gasteiger partial charge in [-0.25, -0.2) is 4.98 Å². The van der Waals surface area contributed by atoms with Crippen molar-refractivity contribution in [3.63, 3.8) is 0 Å². The Morgan fingerprint density at radius 1 is 1.43 bits per heavy atom. The van der Waals surface area contributed by atoms with Crippen molar-refractivity contribution in [3.8, 4) is 0 Å². The van der Waals surface area contributed by atoms with Crippen molar-refractivity contribution in [3.05, 3.63) is 10.6 Å². The van der Waals surface area contributed by atoms with Gasteiger partial charge in [-0.05, 0) is 32.7 Å². The van der Waals surface area contributed by atoms with E-state index in [1.807, 2.05) is 11.3 Å². The van der Waals surface area contributed by atoms with Crippen LogP contribution in [0.2, 0.25) is 0 Å². The van der Waals surface area contributed by atoms with Gasteiger partial charge in [0.25, 0.3) is 0 Å². The number of rotatable bonds is 6. The first-order valence-electron chi connectivity index (χ1n) is 8.11. The van der Waals surface area contributed by atoms with Gasteiger partial charge in [0.1, 0.15) is 0 Å². The zero-order valence-electron chi connectivity index (χ0n) is 14.0. The molecule has 0 radical (unpaired) electrons. The summed E-state index contributed by atoms with van der Waals surface area (Å²) in [6.07, 6.45) is 1.45. The molecule has 0 bridgehead atoms. The van der Waals surface area contributed by atoms with Gasteiger partial charge in [0.2, 0.25) is 0 Å². The highest BCUT2D eigenvalue weighted by Crippen LogP contribution is 2.33. The molecule has 1 aromatic heterocycles. The van der Waals surface area contributed by atoms with Crippen LogP contribution in [-0.4, -0.2) is 36.8 Å². The van der Waals surface area contributed by atoms with Crippen LogP contribution < -0.4 is 10.2 Å². The maximum atomic E-state index is 5.73. The number of nitrogens with zero attached hydrogens (tertiary/aromatic N) is 2. The normalized spacial score (nSPS) is 23.0. The molecule has 0 aliphatic carbocycles. The van der Waals surface area contributed by atoms with Gasteiger partial charge in [-0.1, -0.05) is 20.8 Å². The monoisotopic (exact) mass is 311 g/mol. The van der Waals surface area contributed by atoms with Crippen LogP contribution in [0, 0.1) is 0 Å². The van der Waals surface area contributed by atoms with E-state index in [2.05, 4.69) is 44.8 Å². The van der Waals surface area contributed by atoms with Crippen LogP contribution in [0.1, 0.15) is 57.5 Å². The fourth-order valence-corrected chi connectivity index (χ4v) is 3.90. The molecule has 2 atom stereocenters. The van der Waals surface area contributed by atoms with Crippen LogP contribution in [0.25, 0.3) is 0 Å². The number of aromatic nitrogens is 1. The molecular formula is C16H29N3OS. The second-order valence-corrected chi connectivity index (χ2v) is 7.34. The van der Waals surface area contributed by atoms with E-state index in [9.17, 15) is 0 Å². The molecule has 5 heteroatoms. The molecule has 0 spiro atoms. The lowest BCUT2D eigenvalue weighted by Crippen LogP contribution is -2.47. The molecular weight excluding hydrogens is 282 g/mol. The van der Waals surface area contributed by atoms with E-state index < -0.39 is 0 Å². The summed E-state index contributed by atoms with van der Waals surface area (Å²) in [5, 5.41) is 4.67. The van der Waals surface area contributed by atoms with E-state index in [1.165, 1.54) is 17.0 Å². The Balaban J connectivity index is 2.17. The molecule has 1 aromatic rings. The molecule has 1 aliphatic heterocycles. The molecule has 21 heavy (non-hydrogen) atoms. The maximum absolute atomic E-state index is 5.73. The molecule has 1 N–H and O–H groups in total. The lowest BCUT2D eigenvalue weighted by Gasteiger charge is -2.36. The molecule has 4 nitrogen and oxygen atoms in total. The molecule has 1 fully saturated rings.